The molecule has 0 spiro atoms. The smallest absolute Gasteiger partial charge is 0.323 e. The number of nitrogens with one attached hydrogen (secondary N) is 1. The topological polar surface area (TPSA) is 38.3 Å². The molecular formula is C15H23NO2S. The molecule has 1 unspecified atom stereocenters. The molecule has 0 aromatic heterocycles. The van der Waals surface area contributed by atoms with E-state index in [1.807, 2.05) is 39.0 Å². The van der Waals surface area contributed by atoms with Crippen LogP contribution in [0.25, 0.3) is 0 Å². The second kappa shape index (κ2) is 8.99. The lowest BCUT2D eigenvalue weighted by Crippen LogP contribution is -2.43. The van der Waals surface area contributed by atoms with Gasteiger partial charge in [-0.15, -0.1) is 0 Å². The van der Waals surface area contributed by atoms with Crippen LogP contribution < -0.4 is 5.32 Å². The first-order valence-corrected chi connectivity index (χ1v) is 7.83. The van der Waals surface area contributed by atoms with Gasteiger partial charge in [0, 0.05) is 17.5 Å². The van der Waals surface area contributed by atoms with E-state index in [0.29, 0.717) is 6.61 Å². The lowest BCUT2D eigenvalue weighted by molar-refractivity contribution is -0.145. The maximum absolute atomic E-state index is 11.8. The predicted octanol–water partition coefficient (Wildman–Crippen LogP) is 2.85. The monoisotopic (exact) mass is 281 g/mol. The number of hydrogen-bond donors (Lipinski definition) is 1. The van der Waals surface area contributed by atoms with Crippen LogP contribution in [0.4, 0.5) is 0 Å². The maximum Gasteiger partial charge on any atom is 0.323 e. The minimum atomic E-state index is -0.228. The van der Waals surface area contributed by atoms with E-state index < -0.39 is 0 Å². The van der Waals surface area contributed by atoms with Crippen LogP contribution in [0, 0.1) is 0 Å². The highest BCUT2D eigenvalue weighted by atomic mass is 32.2. The molecule has 1 rings (SSSR count). The third-order valence-electron chi connectivity index (χ3n) is 2.50. The maximum atomic E-state index is 11.8. The molecule has 1 aromatic carbocycles. The molecule has 1 atom stereocenters. The van der Waals surface area contributed by atoms with Crippen LogP contribution in [0.5, 0.6) is 0 Å². The molecule has 0 amide bonds. The number of benzene rings is 1. The molecular weight excluding hydrogens is 258 g/mol. The fraction of sp³-hybridized carbons (Fsp3) is 0.533. The Bertz CT molecular complexity index is 368. The number of esters is 1. The van der Waals surface area contributed by atoms with Gasteiger partial charge in [0.1, 0.15) is 6.04 Å². The van der Waals surface area contributed by atoms with Crippen LogP contribution in [0.2, 0.25) is 0 Å². The lowest BCUT2D eigenvalue weighted by Gasteiger charge is -2.19. The van der Waals surface area contributed by atoms with Crippen LogP contribution in [0.15, 0.2) is 30.3 Å². The zero-order valence-electron chi connectivity index (χ0n) is 11.9. The van der Waals surface area contributed by atoms with Gasteiger partial charge in [0.15, 0.2) is 0 Å². The minimum absolute atomic E-state index is 0.156. The van der Waals surface area contributed by atoms with Crippen molar-refractivity contribution in [3.63, 3.8) is 0 Å². The van der Waals surface area contributed by atoms with Crippen LogP contribution in [-0.2, 0) is 15.3 Å². The first-order chi connectivity index (χ1) is 9.13. The summed E-state index contributed by atoms with van der Waals surface area (Å²) in [4.78, 5) is 11.8. The van der Waals surface area contributed by atoms with Gasteiger partial charge in [-0.1, -0.05) is 44.2 Å². The van der Waals surface area contributed by atoms with E-state index in [2.05, 4.69) is 17.4 Å². The number of carbonyl (C=O) groups is 1. The molecule has 1 aromatic rings. The second-order valence-corrected chi connectivity index (χ2v) is 5.66. The highest BCUT2D eigenvalue weighted by Crippen LogP contribution is 2.13. The summed E-state index contributed by atoms with van der Waals surface area (Å²) in [6.07, 6.45) is 0. The summed E-state index contributed by atoms with van der Waals surface area (Å²) in [5.41, 5.74) is 1.28. The first kappa shape index (κ1) is 16.1. The molecule has 0 bridgehead atoms. The van der Waals surface area contributed by atoms with Gasteiger partial charge in [-0.05, 0) is 12.5 Å². The summed E-state index contributed by atoms with van der Waals surface area (Å²) in [6, 6.07) is 10.3. The Morgan fingerprint density at radius 1 is 1.32 bits per heavy atom. The van der Waals surface area contributed by atoms with Crippen LogP contribution in [-0.4, -0.2) is 30.4 Å². The normalized spacial score (nSPS) is 12.4. The molecule has 106 valence electrons. The van der Waals surface area contributed by atoms with Gasteiger partial charge in [-0.2, -0.15) is 11.8 Å². The molecule has 0 heterocycles. The van der Waals surface area contributed by atoms with Gasteiger partial charge in [-0.25, -0.2) is 0 Å². The van der Waals surface area contributed by atoms with Gasteiger partial charge in [-0.3, -0.25) is 4.79 Å². The molecule has 3 nitrogen and oxygen atoms in total. The van der Waals surface area contributed by atoms with Crippen LogP contribution in [0.1, 0.15) is 26.3 Å². The number of rotatable bonds is 8. The van der Waals surface area contributed by atoms with E-state index in [1.54, 1.807) is 11.8 Å². The van der Waals surface area contributed by atoms with Gasteiger partial charge < -0.3 is 10.1 Å². The summed E-state index contributed by atoms with van der Waals surface area (Å²) >= 11 is 1.75. The van der Waals surface area contributed by atoms with Crippen molar-refractivity contribution in [2.75, 3.05) is 12.4 Å². The third kappa shape index (κ3) is 6.64. The fourth-order valence-corrected chi connectivity index (χ4v) is 2.71. The number of hydrogen-bond acceptors (Lipinski definition) is 4. The van der Waals surface area contributed by atoms with Crippen molar-refractivity contribution >= 4 is 17.7 Å². The van der Waals surface area contributed by atoms with E-state index in [4.69, 9.17) is 4.74 Å². The van der Waals surface area contributed by atoms with Crippen LogP contribution in [0.3, 0.4) is 0 Å². The molecule has 0 saturated heterocycles. The van der Waals surface area contributed by atoms with Crippen molar-refractivity contribution < 1.29 is 9.53 Å². The average Bonchev–Trinajstić information content (AvgIpc) is 2.38. The Balaban J connectivity index is 2.42. The van der Waals surface area contributed by atoms with Gasteiger partial charge in [0.2, 0.25) is 0 Å². The Kier molecular flexibility index (Phi) is 7.60. The van der Waals surface area contributed by atoms with Crippen molar-refractivity contribution in [2.24, 2.45) is 0 Å². The quantitative estimate of drug-likeness (QED) is 0.744. The molecule has 0 aliphatic heterocycles. The van der Waals surface area contributed by atoms with Crippen molar-refractivity contribution in [1.29, 1.82) is 0 Å². The fourth-order valence-electron chi connectivity index (χ4n) is 1.70. The summed E-state index contributed by atoms with van der Waals surface area (Å²) in [5, 5.41) is 3.26. The Morgan fingerprint density at radius 2 is 2.00 bits per heavy atom. The summed E-state index contributed by atoms with van der Waals surface area (Å²) in [5.74, 6) is 1.49. The Labute approximate surface area is 120 Å². The summed E-state index contributed by atoms with van der Waals surface area (Å²) in [6.45, 7) is 6.34. The largest absolute Gasteiger partial charge is 0.465 e. The average molecular weight is 281 g/mol. The molecule has 0 aliphatic carbocycles. The zero-order valence-corrected chi connectivity index (χ0v) is 12.7. The molecule has 0 radical (unpaired) electrons. The van der Waals surface area contributed by atoms with Crippen molar-refractivity contribution in [3.05, 3.63) is 35.9 Å². The van der Waals surface area contributed by atoms with Crippen LogP contribution >= 0.6 is 11.8 Å². The van der Waals surface area contributed by atoms with Crippen molar-refractivity contribution in [3.8, 4) is 0 Å². The van der Waals surface area contributed by atoms with E-state index in [9.17, 15) is 4.79 Å². The van der Waals surface area contributed by atoms with E-state index in [-0.39, 0.29) is 18.1 Å². The highest BCUT2D eigenvalue weighted by molar-refractivity contribution is 7.98. The number of ether oxygens (including phenoxy) is 1. The number of carbonyl (C=O) groups excluding carboxylic acids is 1. The standard InChI is InChI=1S/C15H23NO2S/c1-4-18-15(17)14(16-12(2)3)11-19-10-13-8-6-5-7-9-13/h5-9,12,14,16H,4,10-11H2,1-3H3. The predicted molar refractivity (Wildman–Crippen MR) is 81.3 cm³/mol. The Morgan fingerprint density at radius 3 is 2.58 bits per heavy atom. The SMILES string of the molecule is CCOC(=O)C(CSCc1ccccc1)NC(C)C. The lowest BCUT2D eigenvalue weighted by atomic mass is 10.2. The molecule has 19 heavy (non-hydrogen) atoms. The first-order valence-electron chi connectivity index (χ1n) is 6.67. The highest BCUT2D eigenvalue weighted by Gasteiger charge is 2.20. The van der Waals surface area contributed by atoms with Gasteiger partial charge >= 0.3 is 5.97 Å². The third-order valence-corrected chi connectivity index (χ3v) is 3.61. The zero-order chi connectivity index (χ0) is 14.1. The molecule has 4 heteroatoms. The van der Waals surface area contributed by atoms with E-state index >= 15 is 0 Å². The molecule has 1 N–H and O–H groups in total. The Hall–Kier alpha value is -1.00. The van der Waals surface area contributed by atoms with Crippen molar-refractivity contribution in [2.45, 2.75) is 38.6 Å². The second-order valence-electron chi connectivity index (χ2n) is 4.63. The molecule has 0 fully saturated rings. The van der Waals surface area contributed by atoms with Crippen molar-refractivity contribution in [1.82, 2.24) is 5.32 Å². The van der Waals surface area contributed by atoms with Gasteiger partial charge in [0.05, 0.1) is 6.61 Å². The molecule has 0 aliphatic rings. The summed E-state index contributed by atoms with van der Waals surface area (Å²) < 4.78 is 5.09. The minimum Gasteiger partial charge on any atom is -0.465 e. The van der Waals surface area contributed by atoms with E-state index in [1.165, 1.54) is 5.56 Å². The van der Waals surface area contributed by atoms with E-state index in [0.717, 1.165) is 11.5 Å². The van der Waals surface area contributed by atoms with Gasteiger partial charge in [0.25, 0.3) is 0 Å². The summed E-state index contributed by atoms with van der Waals surface area (Å²) in [7, 11) is 0. The number of thioether (sulfide) groups is 1. The molecule has 0 saturated carbocycles.